The van der Waals surface area contributed by atoms with Crippen molar-refractivity contribution in [2.75, 3.05) is 33.3 Å². The second kappa shape index (κ2) is 8.48. The first-order chi connectivity index (χ1) is 13.3. The summed E-state index contributed by atoms with van der Waals surface area (Å²) in [6, 6.07) is 11.8. The highest BCUT2D eigenvalue weighted by molar-refractivity contribution is 7.89. The second-order valence-corrected chi connectivity index (χ2v) is 8.60. The van der Waals surface area contributed by atoms with Crippen LogP contribution in [0.2, 0.25) is 5.02 Å². The highest BCUT2D eigenvalue weighted by Gasteiger charge is 2.25. The number of sulfonamides is 1. The van der Waals surface area contributed by atoms with Gasteiger partial charge in [0, 0.05) is 37.7 Å². The predicted octanol–water partition coefficient (Wildman–Crippen LogP) is 1.95. The average Bonchev–Trinajstić information content (AvgIpc) is 2.67. The molecule has 0 radical (unpaired) electrons. The zero-order valence-electron chi connectivity index (χ0n) is 15.5. The summed E-state index contributed by atoms with van der Waals surface area (Å²) in [6.07, 6.45) is 0. The molecular formula is C19H22ClN3O4S. The summed E-state index contributed by atoms with van der Waals surface area (Å²) in [5.41, 5.74) is 1.31. The van der Waals surface area contributed by atoms with Crippen molar-refractivity contribution >= 4 is 27.5 Å². The summed E-state index contributed by atoms with van der Waals surface area (Å²) >= 11 is 6.03. The van der Waals surface area contributed by atoms with Crippen molar-refractivity contribution in [2.24, 2.45) is 5.14 Å². The van der Waals surface area contributed by atoms with Gasteiger partial charge in [-0.3, -0.25) is 9.69 Å². The maximum atomic E-state index is 12.9. The normalized spacial score (nSPS) is 15.5. The highest BCUT2D eigenvalue weighted by atomic mass is 35.5. The number of carbonyl (C=O) groups excluding carboxylic acids is 1. The minimum absolute atomic E-state index is 0.115. The lowest BCUT2D eigenvalue weighted by atomic mass is 10.1. The van der Waals surface area contributed by atoms with E-state index in [-0.39, 0.29) is 16.4 Å². The summed E-state index contributed by atoms with van der Waals surface area (Å²) in [4.78, 5) is 16.8. The van der Waals surface area contributed by atoms with Crippen LogP contribution < -0.4 is 9.88 Å². The molecule has 2 aromatic carbocycles. The fraction of sp³-hybridized carbons (Fsp3) is 0.316. The molecule has 1 fully saturated rings. The molecule has 2 aromatic rings. The zero-order chi connectivity index (χ0) is 20.3. The number of benzene rings is 2. The molecule has 7 nitrogen and oxygen atoms in total. The molecule has 0 spiro atoms. The van der Waals surface area contributed by atoms with Gasteiger partial charge in [-0.1, -0.05) is 23.7 Å². The molecule has 150 valence electrons. The molecule has 0 aliphatic carbocycles. The molecule has 2 N–H and O–H groups in total. The van der Waals surface area contributed by atoms with E-state index in [0.717, 1.165) is 12.1 Å². The number of rotatable bonds is 5. The third kappa shape index (κ3) is 4.82. The first-order valence-electron chi connectivity index (χ1n) is 8.75. The van der Waals surface area contributed by atoms with Gasteiger partial charge in [0.25, 0.3) is 5.91 Å². The molecular weight excluding hydrogens is 402 g/mol. The van der Waals surface area contributed by atoms with Crippen molar-refractivity contribution < 1.29 is 17.9 Å². The number of halogens is 1. The first-order valence-corrected chi connectivity index (χ1v) is 10.7. The number of nitrogens with zero attached hydrogens (tertiary/aromatic N) is 2. The highest BCUT2D eigenvalue weighted by Crippen LogP contribution is 2.24. The van der Waals surface area contributed by atoms with Crippen molar-refractivity contribution in [3.05, 3.63) is 58.6 Å². The Morgan fingerprint density at radius 3 is 2.46 bits per heavy atom. The molecule has 3 rings (SSSR count). The first kappa shape index (κ1) is 20.6. The van der Waals surface area contributed by atoms with E-state index in [0.29, 0.717) is 37.0 Å². The summed E-state index contributed by atoms with van der Waals surface area (Å²) < 4.78 is 28.5. The lowest BCUT2D eigenvalue weighted by Gasteiger charge is -2.35. The number of primary sulfonamides is 1. The van der Waals surface area contributed by atoms with Crippen LogP contribution in [0.25, 0.3) is 0 Å². The van der Waals surface area contributed by atoms with Crippen LogP contribution in [0.4, 0.5) is 0 Å². The fourth-order valence-electron chi connectivity index (χ4n) is 3.20. The number of piperazine rings is 1. The summed E-state index contributed by atoms with van der Waals surface area (Å²) in [6.45, 7) is 3.22. The van der Waals surface area contributed by atoms with Gasteiger partial charge in [0.05, 0.1) is 17.6 Å². The van der Waals surface area contributed by atoms with E-state index < -0.39 is 10.0 Å². The van der Waals surface area contributed by atoms with Gasteiger partial charge in [-0.15, -0.1) is 0 Å². The van der Waals surface area contributed by atoms with Crippen LogP contribution in [0, 0.1) is 0 Å². The number of ether oxygens (including phenoxy) is 1. The van der Waals surface area contributed by atoms with Crippen LogP contribution >= 0.6 is 11.6 Å². The van der Waals surface area contributed by atoms with Crippen LogP contribution in [-0.4, -0.2) is 57.4 Å². The van der Waals surface area contributed by atoms with Gasteiger partial charge in [-0.05, 0) is 35.9 Å². The number of amides is 1. The summed E-state index contributed by atoms with van der Waals surface area (Å²) in [7, 11) is -2.47. The van der Waals surface area contributed by atoms with E-state index in [1.807, 2.05) is 24.3 Å². The van der Waals surface area contributed by atoms with Crippen LogP contribution in [-0.2, 0) is 16.6 Å². The van der Waals surface area contributed by atoms with E-state index in [2.05, 4.69) is 4.90 Å². The molecule has 1 amide bonds. The largest absolute Gasteiger partial charge is 0.496 e. The van der Waals surface area contributed by atoms with E-state index in [1.165, 1.54) is 25.3 Å². The molecule has 0 atom stereocenters. The van der Waals surface area contributed by atoms with Gasteiger partial charge in [0.2, 0.25) is 10.0 Å². The van der Waals surface area contributed by atoms with Crippen molar-refractivity contribution in [2.45, 2.75) is 11.4 Å². The van der Waals surface area contributed by atoms with Gasteiger partial charge in [0.1, 0.15) is 5.75 Å². The molecule has 0 unspecified atom stereocenters. The van der Waals surface area contributed by atoms with Gasteiger partial charge in [0.15, 0.2) is 0 Å². The molecule has 0 aromatic heterocycles. The quantitative estimate of drug-likeness (QED) is 0.793. The summed E-state index contributed by atoms with van der Waals surface area (Å²) in [5.74, 6) is 0.0449. The van der Waals surface area contributed by atoms with Crippen LogP contribution in [0.3, 0.4) is 0 Å². The second-order valence-electron chi connectivity index (χ2n) is 6.61. The third-order valence-corrected chi connectivity index (χ3v) is 5.83. The lowest BCUT2D eigenvalue weighted by Crippen LogP contribution is -2.48. The number of carbonyl (C=O) groups is 1. The zero-order valence-corrected chi connectivity index (χ0v) is 17.0. The Bertz CT molecular complexity index is 973. The molecule has 0 saturated carbocycles. The average molecular weight is 424 g/mol. The molecule has 0 bridgehead atoms. The number of methoxy groups -OCH3 is 1. The smallest absolute Gasteiger partial charge is 0.257 e. The molecule has 1 aliphatic heterocycles. The maximum absolute atomic E-state index is 12.9. The van der Waals surface area contributed by atoms with E-state index >= 15 is 0 Å². The van der Waals surface area contributed by atoms with E-state index in [9.17, 15) is 13.2 Å². The van der Waals surface area contributed by atoms with Crippen molar-refractivity contribution in [3.63, 3.8) is 0 Å². The topological polar surface area (TPSA) is 92.9 Å². The minimum atomic E-state index is -3.91. The molecule has 1 aliphatic rings. The SMILES string of the molecule is COc1ccc(S(N)(=O)=O)cc1C(=O)N1CCN(Cc2cccc(Cl)c2)CC1. The standard InChI is InChI=1S/C19H22ClN3O4S/c1-27-18-6-5-16(28(21,25)26)12-17(18)19(24)23-9-7-22(8-10-23)13-14-3-2-4-15(20)11-14/h2-6,11-12H,7-10,13H2,1H3,(H2,21,25,26). The minimum Gasteiger partial charge on any atom is -0.496 e. The van der Waals surface area contributed by atoms with Crippen LogP contribution in [0.15, 0.2) is 47.4 Å². The predicted molar refractivity (Wildman–Crippen MR) is 107 cm³/mol. The Balaban J connectivity index is 1.70. The molecule has 28 heavy (non-hydrogen) atoms. The van der Waals surface area contributed by atoms with Gasteiger partial charge < -0.3 is 9.64 Å². The maximum Gasteiger partial charge on any atom is 0.257 e. The Morgan fingerprint density at radius 1 is 1.14 bits per heavy atom. The molecule has 1 saturated heterocycles. The van der Waals surface area contributed by atoms with Crippen LogP contribution in [0.5, 0.6) is 5.75 Å². The van der Waals surface area contributed by atoms with Crippen molar-refractivity contribution in [3.8, 4) is 5.75 Å². The third-order valence-electron chi connectivity index (χ3n) is 4.68. The molecule has 9 heteroatoms. The van der Waals surface area contributed by atoms with Crippen molar-refractivity contribution in [1.82, 2.24) is 9.80 Å². The van der Waals surface area contributed by atoms with Gasteiger partial charge in [-0.2, -0.15) is 0 Å². The Hall–Kier alpha value is -2.13. The van der Waals surface area contributed by atoms with Crippen molar-refractivity contribution in [1.29, 1.82) is 0 Å². The summed E-state index contributed by atoms with van der Waals surface area (Å²) in [5, 5.41) is 5.89. The number of hydrogen-bond donors (Lipinski definition) is 1. The monoisotopic (exact) mass is 423 g/mol. The number of nitrogens with two attached hydrogens (primary N) is 1. The Labute approximate surface area is 169 Å². The lowest BCUT2D eigenvalue weighted by molar-refractivity contribution is 0.0625. The van der Waals surface area contributed by atoms with E-state index in [4.69, 9.17) is 21.5 Å². The van der Waals surface area contributed by atoms with Crippen LogP contribution in [0.1, 0.15) is 15.9 Å². The van der Waals surface area contributed by atoms with E-state index in [1.54, 1.807) is 4.90 Å². The Morgan fingerprint density at radius 2 is 1.86 bits per heavy atom. The van der Waals surface area contributed by atoms with Gasteiger partial charge >= 0.3 is 0 Å². The molecule has 1 heterocycles. The number of hydrogen-bond acceptors (Lipinski definition) is 5. The van der Waals surface area contributed by atoms with Gasteiger partial charge in [-0.25, -0.2) is 13.6 Å². The fourth-order valence-corrected chi connectivity index (χ4v) is 3.96. The Kier molecular flexibility index (Phi) is 6.24.